The lowest BCUT2D eigenvalue weighted by atomic mass is 10.2. The minimum absolute atomic E-state index is 0.710. The van der Waals surface area contributed by atoms with Gasteiger partial charge in [0.05, 0.1) is 5.69 Å². The lowest BCUT2D eigenvalue weighted by Gasteiger charge is -2.18. The lowest BCUT2D eigenvalue weighted by Crippen LogP contribution is -2.26. The summed E-state index contributed by atoms with van der Waals surface area (Å²) in [7, 11) is 0. The Hall–Kier alpha value is -0.830. The minimum atomic E-state index is 0.710. The van der Waals surface area contributed by atoms with E-state index >= 15 is 0 Å². The first kappa shape index (κ1) is 7.80. The number of hydrogen-bond donors (Lipinski definition) is 0. The molecule has 1 unspecified atom stereocenters. The summed E-state index contributed by atoms with van der Waals surface area (Å²) in [6.07, 6.45) is 5.86. The molecule has 1 aromatic heterocycles. The van der Waals surface area contributed by atoms with Crippen molar-refractivity contribution < 1.29 is 4.42 Å². The van der Waals surface area contributed by atoms with Crippen LogP contribution in [-0.4, -0.2) is 22.5 Å². The predicted octanol–water partition coefficient (Wildman–Crippen LogP) is 1.66. The largest absolute Gasteiger partial charge is 0.451 e. The highest BCUT2D eigenvalue weighted by Crippen LogP contribution is 2.18. The summed E-state index contributed by atoms with van der Waals surface area (Å²) in [5.41, 5.74) is 1.05. The van der Waals surface area contributed by atoms with Crippen LogP contribution in [0, 0.1) is 0 Å². The van der Waals surface area contributed by atoms with Crippen LogP contribution in [0.5, 0.6) is 0 Å². The lowest BCUT2D eigenvalue weighted by molar-refractivity contribution is 0.257. The molecular formula is C9H14N2O. The summed E-state index contributed by atoms with van der Waals surface area (Å²) in [6, 6.07) is 0.710. The normalized spacial score (nSPS) is 24.9. The van der Waals surface area contributed by atoms with Crippen molar-refractivity contribution in [1.82, 2.24) is 9.88 Å². The van der Waals surface area contributed by atoms with Crippen LogP contribution in [0.1, 0.15) is 25.5 Å². The second-order valence-corrected chi connectivity index (χ2v) is 3.44. The van der Waals surface area contributed by atoms with Gasteiger partial charge in [-0.1, -0.05) is 0 Å². The van der Waals surface area contributed by atoms with Gasteiger partial charge in [0.25, 0.3) is 0 Å². The third-order valence-electron chi connectivity index (χ3n) is 2.54. The number of hydrogen-bond acceptors (Lipinski definition) is 3. The fraction of sp³-hybridized carbons (Fsp3) is 0.667. The van der Waals surface area contributed by atoms with E-state index in [2.05, 4.69) is 16.8 Å². The fourth-order valence-corrected chi connectivity index (χ4v) is 1.75. The van der Waals surface area contributed by atoms with Gasteiger partial charge in [-0.3, -0.25) is 4.90 Å². The Balaban J connectivity index is 1.95. The Labute approximate surface area is 72.4 Å². The average Bonchev–Trinajstić information content (AvgIpc) is 2.65. The molecule has 0 bridgehead atoms. The van der Waals surface area contributed by atoms with E-state index in [1.807, 2.05) is 0 Å². The predicted molar refractivity (Wildman–Crippen MR) is 45.6 cm³/mol. The Morgan fingerprint density at radius 1 is 1.75 bits per heavy atom. The maximum absolute atomic E-state index is 4.92. The molecule has 3 heteroatoms. The average molecular weight is 166 g/mol. The van der Waals surface area contributed by atoms with E-state index in [1.54, 1.807) is 6.26 Å². The van der Waals surface area contributed by atoms with E-state index in [1.165, 1.54) is 25.8 Å². The first-order valence-electron chi connectivity index (χ1n) is 4.47. The van der Waals surface area contributed by atoms with E-state index in [4.69, 9.17) is 4.42 Å². The van der Waals surface area contributed by atoms with Crippen LogP contribution in [0.2, 0.25) is 0 Å². The van der Waals surface area contributed by atoms with Gasteiger partial charge in [-0.2, -0.15) is 0 Å². The standard InChI is InChI=1S/C9H14N2O/c1-8-3-2-4-11(8)5-9-6-12-7-10-9/h6-8H,2-5H2,1H3. The molecule has 0 N–H and O–H groups in total. The molecule has 1 aliphatic heterocycles. The molecule has 1 saturated heterocycles. The highest BCUT2D eigenvalue weighted by molar-refractivity contribution is 4.92. The molecule has 1 aromatic rings. The summed E-state index contributed by atoms with van der Waals surface area (Å²) in [5.74, 6) is 0. The summed E-state index contributed by atoms with van der Waals surface area (Å²) in [6.45, 7) is 4.42. The number of oxazole rings is 1. The van der Waals surface area contributed by atoms with Gasteiger partial charge < -0.3 is 4.42 Å². The molecule has 0 amide bonds. The third-order valence-corrected chi connectivity index (χ3v) is 2.54. The van der Waals surface area contributed by atoms with Crippen molar-refractivity contribution in [2.24, 2.45) is 0 Å². The van der Waals surface area contributed by atoms with Crippen LogP contribution in [0.3, 0.4) is 0 Å². The number of nitrogens with zero attached hydrogens (tertiary/aromatic N) is 2. The first-order chi connectivity index (χ1) is 5.86. The molecule has 1 aliphatic rings. The van der Waals surface area contributed by atoms with Gasteiger partial charge in [-0.05, 0) is 26.3 Å². The maximum atomic E-state index is 4.92. The molecule has 0 spiro atoms. The number of likely N-dealkylation sites (tertiary alicyclic amines) is 1. The van der Waals surface area contributed by atoms with Gasteiger partial charge in [0.1, 0.15) is 6.26 Å². The molecule has 3 nitrogen and oxygen atoms in total. The Kier molecular flexibility index (Phi) is 2.13. The zero-order valence-corrected chi connectivity index (χ0v) is 7.36. The molecule has 1 atom stereocenters. The van der Waals surface area contributed by atoms with Gasteiger partial charge >= 0.3 is 0 Å². The Morgan fingerprint density at radius 2 is 2.67 bits per heavy atom. The van der Waals surface area contributed by atoms with Crippen molar-refractivity contribution >= 4 is 0 Å². The summed E-state index contributed by atoms with van der Waals surface area (Å²) < 4.78 is 4.92. The maximum Gasteiger partial charge on any atom is 0.180 e. The molecule has 2 heterocycles. The topological polar surface area (TPSA) is 29.3 Å². The fourth-order valence-electron chi connectivity index (χ4n) is 1.75. The van der Waals surface area contributed by atoms with Crippen molar-refractivity contribution in [1.29, 1.82) is 0 Å². The zero-order chi connectivity index (χ0) is 8.39. The van der Waals surface area contributed by atoms with E-state index in [0.717, 1.165) is 12.2 Å². The summed E-state index contributed by atoms with van der Waals surface area (Å²) >= 11 is 0. The summed E-state index contributed by atoms with van der Waals surface area (Å²) in [5, 5.41) is 0. The molecule has 66 valence electrons. The van der Waals surface area contributed by atoms with E-state index in [-0.39, 0.29) is 0 Å². The zero-order valence-electron chi connectivity index (χ0n) is 7.36. The highest BCUT2D eigenvalue weighted by Gasteiger charge is 2.20. The first-order valence-corrected chi connectivity index (χ1v) is 4.47. The van der Waals surface area contributed by atoms with Crippen LogP contribution >= 0.6 is 0 Å². The van der Waals surface area contributed by atoms with Gasteiger partial charge in [-0.15, -0.1) is 0 Å². The smallest absolute Gasteiger partial charge is 0.180 e. The van der Waals surface area contributed by atoms with Crippen LogP contribution in [-0.2, 0) is 6.54 Å². The molecule has 0 aliphatic carbocycles. The van der Waals surface area contributed by atoms with Crippen LogP contribution in [0.4, 0.5) is 0 Å². The molecule has 1 fully saturated rings. The minimum Gasteiger partial charge on any atom is -0.451 e. The van der Waals surface area contributed by atoms with Crippen LogP contribution in [0.25, 0.3) is 0 Å². The highest BCUT2D eigenvalue weighted by atomic mass is 16.3. The van der Waals surface area contributed by atoms with E-state index < -0.39 is 0 Å². The number of aromatic nitrogens is 1. The molecule has 0 radical (unpaired) electrons. The van der Waals surface area contributed by atoms with Crippen molar-refractivity contribution in [3.8, 4) is 0 Å². The van der Waals surface area contributed by atoms with Gasteiger partial charge in [-0.25, -0.2) is 4.98 Å². The molecule has 0 saturated carbocycles. The van der Waals surface area contributed by atoms with Crippen molar-refractivity contribution in [2.45, 2.75) is 32.4 Å². The molecular weight excluding hydrogens is 152 g/mol. The summed E-state index contributed by atoms with van der Waals surface area (Å²) in [4.78, 5) is 6.55. The van der Waals surface area contributed by atoms with Crippen molar-refractivity contribution in [2.75, 3.05) is 6.54 Å². The monoisotopic (exact) mass is 166 g/mol. The Morgan fingerprint density at radius 3 is 3.25 bits per heavy atom. The van der Waals surface area contributed by atoms with Gasteiger partial charge in [0, 0.05) is 12.6 Å². The van der Waals surface area contributed by atoms with E-state index in [9.17, 15) is 0 Å². The van der Waals surface area contributed by atoms with Crippen molar-refractivity contribution in [3.63, 3.8) is 0 Å². The van der Waals surface area contributed by atoms with Crippen molar-refractivity contribution in [3.05, 3.63) is 18.4 Å². The number of rotatable bonds is 2. The van der Waals surface area contributed by atoms with Gasteiger partial charge in [0.2, 0.25) is 0 Å². The second kappa shape index (κ2) is 3.27. The third kappa shape index (κ3) is 1.50. The van der Waals surface area contributed by atoms with E-state index in [0.29, 0.717) is 6.04 Å². The molecule has 2 rings (SSSR count). The van der Waals surface area contributed by atoms with Gasteiger partial charge in [0.15, 0.2) is 6.39 Å². The van der Waals surface area contributed by atoms with Crippen LogP contribution < -0.4 is 0 Å². The SMILES string of the molecule is CC1CCCN1Cc1cocn1. The van der Waals surface area contributed by atoms with Crippen LogP contribution in [0.15, 0.2) is 17.1 Å². The quantitative estimate of drug-likeness (QED) is 0.669. The molecule has 12 heavy (non-hydrogen) atoms. The molecule has 0 aromatic carbocycles. The Bertz CT molecular complexity index is 233. The second-order valence-electron chi connectivity index (χ2n) is 3.44.